The number of nitrogens with zero attached hydrogens (tertiary/aromatic N) is 1. The Morgan fingerprint density at radius 3 is 2.48 bits per heavy atom. The van der Waals surface area contributed by atoms with Gasteiger partial charge in [-0.15, -0.1) is 0 Å². The molecule has 4 rings (SSSR count). The summed E-state index contributed by atoms with van der Waals surface area (Å²) in [6.07, 6.45) is 1.88. The first kappa shape index (κ1) is 11.9. The number of hydrogen-bond acceptors (Lipinski definition) is 1. The van der Waals surface area contributed by atoms with Crippen LogP contribution in [-0.2, 0) is 0 Å². The van der Waals surface area contributed by atoms with Crippen LogP contribution in [0, 0.1) is 0 Å². The van der Waals surface area contributed by atoms with Gasteiger partial charge in [0.05, 0.1) is 0 Å². The summed E-state index contributed by atoms with van der Waals surface area (Å²) >= 11 is 0. The molecule has 0 aliphatic heterocycles. The Kier molecular flexibility index (Phi) is 2.61. The minimum atomic E-state index is 0.917. The summed E-state index contributed by atoms with van der Waals surface area (Å²) in [5.41, 5.74) is 5.20. The molecule has 2 aromatic carbocycles. The smallest absolute Gasteiger partial charge is 0.138 e. The minimum absolute atomic E-state index is 0.917. The van der Waals surface area contributed by atoms with E-state index in [1.807, 2.05) is 36.5 Å². The first-order valence-corrected chi connectivity index (χ1v) is 6.94. The summed E-state index contributed by atoms with van der Waals surface area (Å²) in [5, 5.41) is 2.34. The third kappa shape index (κ3) is 1.93. The number of hydrogen-bond donors (Lipinski definition) is 1. The maximum Gasteiger partial charge on any atom is 0.138 e. The van der Waals surface area contributed by atoms with E-state index in [0.717, 1.165) is 33.3 Å². The van der Waals surface area contributed by atoms with Crippen LogP contribution in [0.25, 0.3) is 27.5 Å². The van der Waals surface area contributed by atoms with Crippen LogP contribution in [0.3, 0.4) is 0 Å². The van der Waals surface area contributed by atoms with Gasteiger partial charge in [-0.1, -0.05) is 55.1 Å². The van der Waals surface area contributed by atoms with Crippen molar-refractivity contribution in [2.75, 3.05) is 0 Å². The first-order valence-electron chi connectivity index (χ1n) is 6.94. The lowest BCUT2D eigenvalue weighted by Crippen LogP contribution is -1.87. The third-order valence-corrected chi connectivity index (χ3v) is 3.83. The number of benzene rings is 2. The van der Waals surface area contributed by atoms with Crippen LogP contribution in [0.1, 0.15) is 11.1 Å². The number of pyridine rings is 1. The molecule has 0 aliphatic carbocycles. The molecule has 0 aliphatic rings. The van der Waals surface area contributed by atoms with Crippen molar-refractivity contribution < 1.29 is 0 Å². The number of rotatable bonds is 2. The van der Waals surface area contributed by atoms with Gasteiger partial charge in [0, 0.05) is 28.0 Å². The average molecular weight is 270 g/mol. The topological polar surface area (TPSA) is 28.7 Å². The van der Waals surface area contributed by atoms with Crippen molar-refractivity contribution in [1.82, 2.24) is 9.97 Å². The fourth-order valence-corrected chi connectivity index (χ4v) is 2.70. The summed E-state index contributed by atoms with van der Waals surface area (Å²) < 4.78 is 0. The molecule has 0 saturated heterocycles. The van der Waals surface area contributed by atoms with Crippen molar-refractivity contribution in [3.63, 3.8) is 0 Å². The lowest BCUT2D eigenvalue weighted by molar-refractivity contribution is 1.33. The molecule has 4 aromatic rings. The van der Waals surface area contributed by atoms with Crippen LogP contribution in [0.4, 0.5) is 0 Å². The maximum absolute atomic E-state index is 4.55. The quantitative estimate of drug-likeness (QED) is 0.558. The zero-order chi connectivity index (χ0) is 14.2. The van der Waals surface area contributed by atoms with Crippen LogP contribution in [0.15, 0.2) is 73.4 Å². The van der Waals surface area contributed by atoms with Crippen LogP contribution in [-0.4, -0.2) is 9.97 Å². The molecule has 100 valence electrons. The highest BCUT2D eigenvalue weighted by molar-refractivity contribution is 6.06. The van der Waals surface area contributed by atoms with Crippen LogP contribution in [0.5, 0.6) is 0 Å². The van der Waals surface area contributed by atoms with E-state index < -0.39 is 0 Å². The van der Waals surface area contributed by atoms with Crippen molar-refractivity contribution in [3.05, 3.63) is 84.6 Å². The Labute approximate surface area is 122 Å². The average Bonchev–Trinajstić information content (AvgIpc) is 2.93. The van der Waals surface area contributed by atoms with Gasteiger partial charge in [-0.2, -0.15) is 0 Å². The zero-order valence-electron chi connectivity index (χ0n) is 11.5. The molecule has 2 heteroatoms. The number of H-pyrrole nitrogens is 1. The second-order valence-corrected chi connectivity index (χ2v) is 5.14. The van der Waals surface area contributed by atoms with E-state index in [0.29, 0.717) is 0 Å². The fourth-order valence-electron chi connectivity index (χ4n) is 2.70. The Balaban J connectivity index is 1.90. The molecule has 0 unspecified atom stereocenters. The SMILES string of the molecule is C=C(c1ccccc1)c1cnc2[nH]c3ccccc3c2c1. The Bertz CT molecular complexity index is 949. The molecule has 2 nitrogen and oxygen atoms in total. The van der Waals surface area contributed by atoms with Gasteiger partial charge in [0.1, 0.15) is 5.65 Å². The molecule has 21 heavy (non-hydrogen) atoms. The standard InChI is InChI=1S/C19H14N2/c1-13(14-7-3-2-4-8-14)15-11-17-16-9-5-6-10-18(16)21-19(17)20-12-15/h2-12H,1H2,(H,20,21). The van der Waals surface area contributed by atoms with Gasteiger partial charge in [0.25, 0.3) is 0 Å². The van der Waals surface area contributed by atoms with Gasteiger partial charge in [0.2, 0.25) is 0 Å². The highest BCUT2D eigenvalue weighted by Crippen LogP contribution is 2.28. The van der Waals surface area contributed by atoms with Gasteiger partial charge >= 0.3 is 0 Å². The van der Waals surface area contributed by atoms with Gasteiger partial charge < -0.3 is 4.98 Å². The first-order chi connectivity index (χ1) is 10.3. The van der Waals surface area contributed by atoms with E-state index in [-0.39, 0.29) is 0 Å². The molecule has 0 atom stereocenters. The highest BCUT2D eigenvalue weighted by Gasteiger charge is 2.08. The van der Waals surface area contributed by atoms with Gasteiger partial charge in [-0.05, 0) is 23.3 Å². The van der Waals surface area contributed by atoms with Crippen molar-refractivity contribution >= 4 is 27.5 Å². The van der Waals surface area contributed by atoms with Crippen LogP contribution >= 0.6 is 0 Å². The lowest BCUT2D eigenvalue weighted by Gasteiger charge is -2.05. The monoisotopic (exact) mass is 270 g/mol. The summed E-state index contributed by atoms with van der Waals surface area (Å²) in [6.45, 7) is 4.22. The van der Waals surface area contributed by atoms with E-state index in [2.05, 4.69) is 46.9 Å². The van der Waals surface area contributed by atoms with Crippen LogP contribution in [0.2, 0.25) is 0 Å². The van der Waals surface area contributed by atoms with Crippen molar-refractivity contribution in [2.45, 2.75) is 0 Å². The van der Waals surface area contributed by atoms with E-state index in [1.54, 1.807) is 0 Å². The summed E-state index contributed by atoms with van der Waals surface area (Å²) in [7, 11) is 0. The molecule has 0 radical (unpaired) electrons. The Morgan fingerprint density at radius 2 is 1.62 bits per heavy atom. The van der Waals surface area contributed by atoms with Gasteiger partial charge in [-0.3, -0.25) is 0 Å². The lowest BCUT2D eigenvalue weighted by atomic mass is 10.0. The molecule has 0 spiro atoms. The molecule has 0 saturated carbocycles. The summed E-state index contributed by atoms with van der Waals surface area (Å²) in [4.78, 5) is 7.89. The van der Waals surface area contributed by atoms with Crippen LogP contribution < -0.4 is 0 Å². The molecule has 0 bridgehead atoms. The molecular formula is C19H14N2. The van der Waals surface area contributed by atoms with E-state index in [9.17, 15) is 0 Å². The Hall–Kier alpha value is -2.87. The van der Waals surface area contributed by atoms with E-state index in [1.165, 1.54) is 5.39 Å². The van der Waals surface area contributed by atoms with E-state index >= 15 is 0 Å². The fraction of sp³-hybridized carbons (Fsp3) is 0. The van der Waals surface area contributed by atoms with Crippen molar-refractivity contribution in [2.24, 2.45) is 0 Å². The predicted octanol–water partition coefficient (Wildman–Crippen LogP) is 4.78. The maximum atomic E-state index is 4.55. The van der Waals surface area contributed by atoms with Gasteiger partial charge in [-0.25, -0.2) is 4.98 Å². The molecule has 0 fully saturated rings. The van der Waals surface area contributed by atoms with Crippen molar-refractivity contribution in [1.29, 1.82) is 0 Å². The number of aromatic amines is 1. The highest BCUT2D eigenvalue weighted by atomic mass is 14.8. The number of nitrogens with one attached hydrogen (secondary N) is 1. The van der Waals surface area contributed by atoms with Gasteiger partial charge in [0.15, 0.2) is 0 Å². The number of aromatic nitrogens is 2. The molecule has 0 amide bonds. The third-order valence-electron chi connectivity index (χ3n) is 3.83. The van der Waals surface area contributed by atoms with Crippen molar-refractivity contribution in [3.8, 4) is 0 Å². The largest absolute Gasteiger partial charge is 0.339 e. The number of fused-ring (bicyclic) bond motifs is 3. The normalized spacial score (nSPS) is 11.0. The molecular weight excluding hydrogens is 256 g/mol. The zero-order valence-corrected chi connectivity index (χ0v) is 11.5. The van der Waals surface area contributed by atoms with E-state index in [4.69, 9.17) is 0 Å². The second kappa shape index (κ2) is 4.60. The summed E-state index contributed by atoms with van der Waals surface area (Å²) in [5.74, 6) is 0. The molecule has 2 aromatic heterocycles. The molecule has 1 N–H and O–H groups in total. The Morgan fingerprint density at radius 1 is 0.857 bits per heavy atom. The summed E-state index contributed by atoms with van der Waals surface area (Å²) in [6, 6.07) is 20.6. The minimum Gasteiger partial charge on any atom is -0.339 e. The predicted molar refractivity (Wildman–Crippen MR) is 88.2 cm³/mol. The number of para-hydroxylation sites is 1. The second-order valence-electron chi connectivity index (χ2n) is 5.14. The molecule has 2 heterocycles.